The van der Waals surface area contributed by atoms with Crippen molar-refractivity contribution < 1.29 is 4.74 Å². The first-order valence-electron chi connectivity index (χ1n) is 15.7. The Morgan fingerprint density at radius 2 is 1.69 bits per heavy atom. The highest BCUT2D eigenvalue weighted by atomic mass is 16.5. The molecule has 1 nitrogen and oxygen atoms in total. The summed E-state index contributed by atoms with van der Waals surface area (Å²) in [6.45, 7) is 27.1. The summed E-state index contributed by atoms with van der Waals surface area (Å²) in [6.07, 6.45) is 17.8. The molecule has 0 spiro atoms. The number of hydrogen-bond donors (Lipinski definition) is 0. The molecular formula is C35H60O. The molecule has 0 heterocycles. The minimum absolute atomic E-state index is 0.260. The molecule has 8 atom stereocenters. The second-order valence-electron chi connectivity index (χ2n) is 15.3. The molecule has 0 aromatic carbocycles. The van der Waals surface area contributed by atoms with Gasteiger partial charge in [-0.3, -0.25) is 0 Å². The Labute approximate surface area is 225 Å². The first-order chi connectivity index (χ1) is 16.8. The summed E-state index contributed by atoms with van der Waals surface area (Å²) in [5, 5.41) is 0. The average Bonchev–Trinajstić information content (AvgIpc) is 3.11. The van der Waals surface area contributed by atoms with Gasteiger partial charge in [-0.25, -0.2) is 0 Å². The van der Waals surface area contributed by atoms with Gasteiger partial charge in [-0.2, -0.15) is 0 Å². The first-order valence-corrected chi connectivity index (χ1v) is 15.7. The maximum atomic E-state index is 6.03. The summed E-state index contributed by atoms with van der Waals surface area (Å²) in [4.78, 5) is 0. The molecule has 0 aromatic rings. The third kappa shape index (κ3) is 3.86. The van der Waals surface area contributed by atoms with Gasteiger partial charge in [0.2, 0.25) is 0 Å². The molecule has 0 saturated heterocycles. The highest BCUT2D eigenvalue weighted by molar-refractivity contribution is 5.32. The van der Waals surface area contributed by atoms with Crippen LogP contribution < -0.4 is 0 Å². The molecule has 0 amide bonds. The van der Waals surface area contributed by atoms with Crippen LogP contribution in [0.4, 0.5) is 0 Å². The molecular weight excluding hydrogens is 436 g/mol. The smallest absolute Gasteiger partial charge is 0.0625 e. The molecule has 36 heavy (non-hydrogen) atoms. The van der Waals surface area contributed by atoms with E-state index in [0.29, 0.717) is 27.8 Å². The lowest BCUT2D eigenvalue weighted by Crippen LogP contribution is -2.58. The minimum Gasteiger partial charge on any atom is -0.381 e. The summed E-state index contributed by atoms with van der Waals surface area (Å²) in [5.41, 5.74) is 5.13. The Balaban J connectivity index is 1.59. The molecule has 1 heteroatoms. The molecule has 0 N–H and O–H groups in total. The molecule has 0 aliphatic heterocycles. The molecule has 0 aromatic heterocycles. The monoisotopic (exact) mass is 496 g/mol. The van der Waals surface area contributed by atoms with E-state index in [1.54, 1.807) is 0 Å². The Bertz CT molecular complexity index is 860. The zero-order valence-electron chi connectivity index (χ0n) is 25.9. The first kappa shape index (κ1) is 28.4. The lowest BCUT2D eigenvalue weighted by Gasteiger charge is -2.64. The van der Waals surface area contributed by atoms with Gasteiger partial charge in [-0.15, -0.1) is 0 Å². The van der Waals surface area contributed by atoms with Gasteiger partial charge >= 0.3 is 0 Å². The summed E-state index contributed by atoms with van der Waals surface area (Å²) in [5.74, 6) is 3.17. The standard InChI is InChI=1S/C35H60O/c1-12-35(13-2,24(3)4)23-16-25(5)26-17-21-34(10)28-14-15-29-31(6,7)30(36-11)19-20-32(29,8)27(28)18-22-33(26,34)9/h18,25-26,28-30H,3,12-17,19-23H2,1-2,4-11H3/t25-,26-,28-,29+,30+,32-,33-,34+/m1/s1. The summed E-state index contributed by atoms with van der Waals surface area (Å²) in [7, 11) is 1.94. The van der Waals surface area contributed by atoms with Crippen molar-refractivity contribution in [2.24, 2.45) is 50.7 Å². The number of methoxy groups -OCH3 is 1. The van der Waals surface area contributed by atoms with Crippen LogP contribution in [-0.4, -0.2) is 13.2 Å². The van der Waals surface area contributed by atoms with E-state index in [9.17, 15) is 0 Å². The van der Waals surface area contributed by atoms with E-state index >= 15 is 0 Å². The molecule has 4 rings (SSSR count). The van der Waals surface area contributed by atoms with Crippen molar-refractivity contribution in [3.8, 4) is 0 Å². The lowest BCUT2D eigenvalue weighted by atomic mass is 9.41. The van der Waals surface area contributed by atoms with Gasteiger partial charge in [-0.05, 0) is 128 Å². The predicted octanol–water partition coefficient (Wildman–Crippen LogP) is 10.4. The van der Waals surface area contributed by atoms with Crippen LogP contribution in [0, 0.1) is 50.7 Å². The maximum absolute atomic E-state index is 6.03. The van der Waals surface area contributed by atoms with Crippen LogP contribution in [0.15, 0.2) is 23.8 Å². The van der Waals surface area contributed by atoms with Crippen LogP contribution >= 0.6 is 0 Å². The third-order valence-electron chi connectivity index (χ3n) is 14.1. The lowest BCUT2D eigenvalue weighted by molar-refractivity contribution is -0.130. The van der Waals surface area contributed by atoms with Crippen molar-refractivity contribution in [1.29, 1.82) is 0 Å². The van der Waals surface area contributed by atoms with Gasteiger partial charge in [0.1, 0.15) is 0 Å². The third-order valence-corrected chi connectivity index (χ3v) is 14.1. The molecule has 3 saturated carbocycles. The maximum Gasteiger partial charge on any atom is 0.0625 e. The quantitative estimate of drug-likeness (QED) is 0.304. The fourth-order valence-electron chi connectivity index (χ4n) is 11.2. The molecule has 0 radical (unpaired) electrons. The zero-order chi connectivity index (χ0) is 26.7. The molecule has 4 aliphatic carbocycles. The summed E-state index contributed by atoms with van der Waals surface area (Å²) >= 11 is 0. The highest BCUT2D eigenvalue weighted by Crippen LogP contribution is 2.73. The van der Waals surface area contributed by atoms with Crippen LogP contribution in [0.25, 0.3) is 0 Å². The highest BCUT2D eigenvalue weighted by Gasteiger charge is 2.65. The van der Waals surface area contributed by atoms with Gasteiger partial charge in [0.25, 0.3) is 0 Å². The zero-order valence-corrected chi connectivity index (χ0v) is 25.9. The molecule has 0 bridgehead atoms. The molecule has 3 fully saturated rings. The van der Waals surface area contributed by atoms with Crippen molar-refractivity contribution in [3.05, 3.63) is 23.8 Å². The number of rotatable bonds is 8. The largest absolute Gasteiger partial charge is 0.381 e. The Morgan fingerprint density at radius 1 is 1.03 bits per heavy atom. The van der Waals surface area contributed by atoms with Crippen LogP contribution in [0.5, 0.6) is 0 Å². The second kappa shape index (κ2) is 9.57. The number of fused-ring (bicyclic) bond motifs is 5. The van der Waals surface area contributed by atoms with Gasteiger partial charge < -0.3 is 4.74 Å². The SMILES string of the molecule is C=C(C)C(CC)(CC)CC[C@@H](C)[C@H]1CC[C@@]2(C)[C@@H]3CC[C@H]4C(C)(C)[C@@H](OC)CC[C@]4(C)C3=CC[C@]12C. The van der Waals surface area contributed by atoms with Crippen LogP contribution in [0.2, 0.25) is 0 Å². The fraction of sp³-hybridized carbons (Fsp3) is 0.886. The predicted molar refractivity (Wildman–Crippen MR) is 156 cm³/mol. The van der Waals surface area contributed by atoms with E-state index in [1.807, 2.05) is 12.7 Å². The van der Waals surface area contributed by atoms with E-state index in [1.165, 1.54) is 76.2 Å². The van der Waals surface area contributed by atoms with Crippen molar-refractivity contribution in [3.63, 3.8) is 0 Å². The number of allylic oxidation sites excluding steroid dienone is 3. The van der Waals surface area contributed by atoms with Gasteiger partial charge in [-0.1, -0.05) is 79.2 Å². The average molecular weight is 497 g/mol. The van der Waals surface area contributed by atoms with Gasteiger partial charge in [0, 0.05) is 7.11 Å². The molecule has 206 valence electrons. The fourth-order valence-corrected chi connectivity index (χ4v) is 11.2. The van der Waals surface area contributed by atoms with Gasteiger partial charge in [0.15, 0.2) is 0 Å². The molecule has 4 aliphatic rings. The van der Waals surface area contributed by atoms with Crippen LogP contribution in [0.3, 0.4) is 0 Å². The van der Waals surface area contributed by atoms with Crippen LogP contribution in [0.1, 0.15) is 133 Å². The van der Waals surface area contributed by atoms with E-state index in [0.717, 1.165) is 23.7 Å². The Morgan fingerprint density at radius 3 is 2.28 bits per heavy atom. The second-order valence-corrected chi connectivity index (χ2v) is 15.3. The summed E-state index contributed by atoms with van der Waals surface area (Å²) in [6, 6.07) is 0. The van der Waals surface area contributed by atoms with Crippen LogP contribution in [-0.2, 0) is 4.74 Å². The molecule has 0 unspecified atom stereocenters. The van der Waals surface area contributed by atoms with E-state index in [4.69, 9.17) is 4.74 Å². The number of hydrogen-bond acceptors (Lipinski definition) is 1. The van der Waals surface area contributed by atoms with Crippen molar-refractivity contribution in [2.75, 3.05) is 7.11 Å². The number of ether oxygens (including phenoxy) is 1. The van der Waals surface area contributed by atoms with E-state index < -0.39 is 0 Å². The van der Waals surface area contributed by atoms with E-state index in [2.05, 4.69) is 75.0 Å². The van der Waals surface area contributed by atoms with Gasteiger partial charge in [0.05, 0.1) is 6.10 Å². The normalized spacial score (nSPS) is 42.7. The van der Waals surface area contributed by atoms with E-state index in [-0.39, 0.29) is 5.41 Å². The van der Waals surface area contributed by atoms with Crippen molar-refractivity contribution >= 4 is 0 Å². The van der Waals surface area contributed by atoms with Crippen molar-refractivity contribution in [1.82, 2.24) is 0 Å². The summed E-state index contributed by atoms with van der Waals surface area (Å²) < 4.78 is 6.03. The minimum atomic E-state index is 0.260. The topological polar surface area (TPSA) is 9.23 Å². The Kier molecular flexibility index (Phi) is 7.56. The Hall–Kier alpha value is -0.560. The van der Waals surface area contributed by atoms with Crippen molar-refractivity contribution in [2.45, 2.75) is 139 Å².